The van der Waals surface area contributed by atoms with Gasteiger partial charge in [-0.2, -0.15) is 0 Å². The summed E-state index contributed by atoms with van der Waals surface area (Å²) in [6.45, 7) is 7.17. The molecule has 7 nitrogen and oxygen atoms in total. The van der Waals surface area contributed by atoms with E-state index in [1.807, 2.05) is 12.1 Å². The van der Waals surface area contributed by atoms with Crippen LogP contribution in [0.15, 0.2) is 65.6 Å². The van der Waals surface area contributed by atoms with Gasteiger partial charge in [0.05, 0.1) is 10.6 Å². The van der Waals surface area contributed by atoms with Crippen LogP contribution in [0.1, 0.15) is 41.0 Å². The lowest BCUT2D eigenvalue weighted by Crippen LogP contribution is -2.40. The fraction of sp³-hybridized carbons (Fsp3) is 0.280. The molecule has 0 radical (unpaired) electrons. The lowest BCUT2D eigenvalue weighted by Gasteiger charge is -2.27. The minimum absolute atomic E-state index is 0.0912. The fourth-order valence-electron chi connectivity index (χ4n) is 4.17. The number of hydrogen-bond donors (Lipinski definition) is 1. The van der Waals surface area contributed by atoms with Crippen molar-refractivity contribution in [3.8, 4) is 0 Å². The second-order valence-corrected chi connectivity index (χ2v) is 9.69. The Morgan fingerprint density at radius 1 is 0.848 bits per heavy atom. The molecule has 0 unspecified atom stereocenters. The summed E-state index contributed by atoms with van der Waals surface area (Å²) < 4.78 is 27.9. The minimum Gasteiger partial charge on any atom is -0.304 e. The summed E-state index contributed by atoms with van der Waals surface area (Å²) in [6.07, 6.45) is 0.709. The summed E-state index contributed by atoms with van der Waals surface area (Å²) in [6, 6.07) is 16.5. The lowest BCUT2D eigenvalue weighted by molar-refractivity contribution is 0.0893. The predicted molar refractivity (Wildman–Crippen MR) is 129 cm³/mol. The van der Waals surface area contributed by atoms with Gasteiger partial charge in [0.25, 0.3) is 11.8 Å². The van der Waals surface area contributed by atoms with Crippen molar-refractivity contribution in [1.29, 1.82) is 0 Å². The first-order valence-electron chi connectivity index (χ1n) is 11.1. The van der Waals surface area contributed by atoms with E-state index in [4.69, 9.17) is 0 Å². The first kappa shape index (κ1) is 23.1. The summed E-state index contributed by atoms with van der Waals surface area (Å²) in [4.78, 5) is 29.7. The van der Waals surface area contributed by atoms with Gasteiger partial charge in [0.2, 0.25) is 10.0 Å². The molecule has 0 spiro atoms. The maximum absolute atomic E-state index is 13.1. The second kappa shape index (κ2) is 9.43. The van der Waals surface area contributed by atoms with Crippen LogP contribution in [0, 0.1) is 0 Å². The molecule has 172 valence electrons. The van der Waals surface area contributed by atoms with Gasteiger partial charge in [-0.05, 0) is 67.8 Å². The zero-order chi connectivity index (χ0) is 23.6. The largest absolute Gasteiger partial charge is 0.304 e. The third-order valence-electron chi connectivity index (χ3n) is 6.01. The highest BCUT2D eigenvalue weighted by atomic mass is 32.2. The van der Waals surface area contributed by atoms with Crippen LogP contribution in [-0.4, -0.2) is 51.3 Å². The van der Waals surface area contributed by atoms with Gasteiger partial charge in [-0.25, -0.2) is 18.0 Å². The highest BCUT2D eigenvalue weighted by Gasteiger charge is 2.33. The van der Waals surface area contributed by atoms with E-state index in [-0.39, 0.29) is 4.90 Å². The number of anilines is 1. The third-order valence-corrected chi connectivity index (χ3v) is 7.49. The van der Waals surface area contributed by atoms with Gasteiger partial charge < -0.3 is 4.90 Å². The molecule has 0 fully saturated rings. The average molecular weight is 466 g/mol. The quantitative estimate of drug-likeness (QED) is 0.385. The lowest BCUT2D eigenvalue weighted by atomic mass is 9.94. The number of carbonyl (C=O) groups excluding carboxylic acids is 2. The molecule has 3 aromatic carbocycles. The molecular weight excluding hydrogens is 438 g/mol. The second-order valence-electron chi connectivity index (χ2n) is 7.93. The van der Waals surface area contributed by atoms with Gasteiger partial charge in [-0.3, -0.25) is 9.59 Å². The Balaban J connectivity index is 1.53. The van der Waals surface area contributed by atoms with Gasteiger partial charge in [0.15, 0.2) is 0 Å². The number of hydrogen-bond acceptors (Lipinski definition) is 5. The zero-order valence-electron chi connectivity index (χ0n) is 18.7. The molecule has 1 heterocycles. The van der Waals surface area contributed by atoms with Crippen LogP contribution in [0.25, 0.3) is 10.8 Å². The van der Waals surface area contributed by atoms with E-state index in [0.717, 1.165) is 29.9 Å². The smallest absolute Gasteiger partial charge is 0.265 e. The Morgan fingerprint density at radius 2 is 1.42 bits per heavy atom. The van der Waals surface area contributed by atoms with E-state index in [1.54, 1.807) is 24.3 Å². The Morgan fingerprint density at radius 3 is 1.97 bits per heavy atom. The van der Waals surface area contributed by atoms with Gasteiger partial charge in [0, 0.05) is 23.1 Å². The van der Waals surface area contributed by atoms with Crippen molar-refractivity contribution < 1.29 is 18.0 Å². The normalized spacial score (nSPS) is 13.8. The van der Waals surface area contributed by atoms with Crippen molar-refractivity contribution in [3.05, 3.63) is 71.8 Å². The molecule has 8 heteroatoms. The van der Waals surface area contributed by atoms with E-state index < -0.39 is 21.8 Å². The number of benzene rings is 3. The van der Waals surface area contributed by atoms with E-state index in [9.17, 15) is 18.0 Å². The number of sulfonamides is 1. The predicted octanol–water partition coefficient (Wildman–Crippen LogP) is 3.65. The maximum atomic E-state index is 13.1. The van der Waals surface area contributed by atoms with Crippen LogP contribution in [0.2, 0.25) is 0 Å². The van der Waals surface area contributed by atoms with Crippen molar-refractivity contribution in [1.82, 2.24) is 9.62 Å². The number of imide groups is 1. The van der Waals surface area contributed by atoms with Crippen molar-refractivity contribution >= 4 is 38.3 Å². The molecule has 1 aliphatic heterocycles. The van der Waals surface area contributed by atoms with Crippen LogP contribution >= 0.6 is 0 Å². The first-order chi connectivity index (χ1) is 15.9. The summed E-state index contributed by atoms with van der Waals surface area (Å²) in [7, 11) is -3.68. The summed E-state index contributed by atoms with van der Waals surface area (Å²) in [5.41, 5.74) is 1.24. The summed E-state index contributed by atoms with van der Waals surface area (Å²) in [5, 5.41) is 1.49. The van der Waals surface area contributed by atoms with Gasteiger partial charge in [0.1, 0.15) is 0 Å². The Bertz CT molecular complexity index is 1250. The molecule has 3 aromatic rings. The van der Waals surface area contributed by atoms with Gasteiger partial charge in [-0.1, -0.05) is 38.1 Å². The number of nitrogens with zero attached hydrogens (tertiary/aromatic N) is 2. The molecule has 0 saturated heterocycles. The molecule has 33 heavy (non-hydrogen) atoms. The van der Waals surface area contributed by atoms with E-state index in [1.165, 1.54) is 24.3 Å². The molecule has 1 aliphatic rings. The van der Waals surface area contributed by atoms with Gasteiger partial charge >= 0.3 is 0 Å². The van der Waals surface area contributed by atoms with Crippen LogP contribution in [0.4, 0.5) is 5.69 Å². The van der Waals surface area contributed by atoms with Crippen LogP contribution in [0.5, 0.6) is 0 Å². The van der Waals surface area contributed by atoms with Crippen molar-refractivity contribution in [2.45, 2.75) is 25.2 Å². The molecule has 0 atom stereocenters. The average Bonchev–Trinajstić information content (AvgIpc) is 2.83. The van der Waals surface area contributed by atoms with Gasteiger partial charge in [-0.15, -0.1) is 0 Å². The van der Waals surface area contributed by atoms with Crippen LogP contribution < -0.4 is 9.62 Å². The Hall–Kier alpha value is -3.07. The molecule has 2 amide bonds. The number of rotatable bonds is 9. The van der Waals surface area contributed by atoms with Crippen LogP contribution in [-0.2, 0) is 10.0 Å². The van der Waals surface area contributed by atoms with E-state index in [2.05, 4.69) is 23.5 Å². The number of amides is 2. The Kier molecular flexibility index (Phi) is 6.60. The molecule has 1 N–H and O–H groups in total. The van der Waals surface area contributed by atoms with E-state index >= 15 is 0 Å². The fourth-order valence-corrected chi connectivity index (χ4v) is 5.25. The van der Waals surface area contributed by atoms with Crippen LogP contribution in [0.3, 0.4) is 0 Å². The third kappa shape index (κ3) is 4.42. The zero-order valence-corrected chi connectivity index (χ0v) is 19.6. The molecule has 0 bridgehead atoms. The Labute approximate surface area is 194 Å². The molecule has 0 aliphatic carbocycles. The molecule has 0 saturated carbocycles. The maximum Gasteiger partial charge on any atom is 0.265 e. The SMILES string of the molecule is CCN(CC)CCCNS(=O)(=O)c1ccc(N2C(=O)c3cccc4cccc(c34)C2=O)cc1. The van der Waals surface area contributed by atoms with Crippen molar-refractivity contribution in [3.63, 3.8) is 0 Å². The summed E-state index contributed by atoms with van der Waals surface area (Å²) in [5.74, 6) is -0.844. The molecular formula is C25H27N3O4S. The first-order valence-corrected chi connectivity index (χ1v) is 12.6. The number of nitrogens with one attached hydrogen (secondary N) is 1. The van der Waals surface area contributed by atoms with E-state index in [0.29, 0.717) is 35.2 Å². The van der Waals surface area contributed by atoms with Crippen molar-refractivity contribution in [2.75, 3.05) is 31.1 Å². The summed E-state index contributed by atoms with van der Waals surface area (Å²) >= 11 is 0. The topological polar surface area (TPSA) is 86.8 Å². The molecule has 0 aromatic heterocycles. The molecule has 4 rings (SSSR count). The number of carbonyl (C=O) groups is 2. The van der Waals surface area contributed by atoms with Crippen molar-refractivity contribution in [2.24, 2.45) is 0 Å². The highest BCUT2D eigenvalue weighted by Crippen LogP contribution is 2.33. The minimum atomic E-state index is -3.68. The monoisotopic (exact) mass is 465 g/mol. The standard InChI is InChI=1S/C25H27N3O4S/c1-3-27(4-2)17-7-16-26-33(31,32)20-14-12-19(13-15-20)28-24(29)21-10-5-8-18-9-6-11-22(23(18)21)25(28)30/h5-6,8-15,26H,3-4,7,16-17H2,1-2H3. The highest BCUT2D eigenvalue weighted by molar-refractivity contribution is 7.89.